The second kappa shape index (κ2) is 5.95. The smallest absolute Gasteiger partial charge is 0.230 e. The summed E-state index contributed by atoms with van der Waals surface area (Å²) in [7, 11) is 0. The summed E-state index contributed by atoms with van der Waals surface area (Å²) in [6, 6.07) is 12.3. The lowest BCUT2D eigenvalue weighted by atomic mass is 9.76. The van der Waals surface area contributed by atoms with Crippen LogP contribution in [0.3, 0.4) is 0 Å². The minimum absolute atomic E-state index is 0.0342. The van der Waals surface area contributed by atoms with Gasteiger partial charge >= 0.3 is 0 Å². The molecule has 0 bridgehead atoms. The van der Waals surface area contributed by atoms with Crippen molar-refractivity contribution in [2.24, 2.45) is 0 Å². The normalized spacial score (nSPS) is 21.8. The summed E-state index contributed by atoms with van der Waals surface area (Å²) in [5.74, 6) is 0.771. The largest absolute Gasteiger partial charge is 0.361 e. The first-order valence-corrected chi connectivity index (χ1v) is 7.82. The lowest BCUT2D eigenvalue weighted by Gasteiger charge is -2.41. The van der Waals surface area contributed by atoms with E-state index in [0.717, 1.165) is 31.6 Å². The average Bonchev–Trinajstić information content (AvgIpc) is 2.93. The van der Waals surface area contributed by atoms with E-state index in [2.05, 4.69) is 36.3 Å². The Kier molecular flexibility index (Phi) is 4.01. The van der Waals surface area contributed by atoms with Gasteiger partial charge in [0.15, 0.2) is 0 Å². The molecule has 1 aliphatic rings. The van der Waals surface area contributed by atoms with E-state index in [0.29, 0.717) is 12.2 Å². The van der Waals surface area contributed by atoms with Crippen LogP contribution in [0.15, 0.2) is 40.9 Å². The number of amides is 1. The number of piperidine rings is 1. The molecule has 1 saturated heterocycles. The zero-order valence-corrected chi connectivity index (χ0v) is 13.2. The van der Waals surface area contributed by atoms with Gasteiger partial charge < -0.3 is 9.42 Å². The van der Waals surface area contributed by atoms with E-state index >= 15 is 0 Å². The van der Waals surface area contributed by atoms with Crippen molar-refractivity contribution in [3.63, 3.8) is 0 Å². The highest BCUT2D eigenvalue weighted by molar-refractivity contribution is 5.78. The van der Waals surface area contributed by atoms with E-state index in [9.17, 15) is 4.79 Å². The van der Waals surface area contributed by atoms with Gasteiger partial charge in [-0.2, -0.15) is 0 Å². The second-order valence-electron chi connectivity index (χ2n) is 6.46. The van der Waals surface area contributed by atoms with Crippen LogP contribution in [0.4, 0.5) is 0 Å². The number of aryl methyl sites for hydroxylation is 1. The van der Waals surface area contributed by atoms with Crippen molar-refractivity contribution in [1.29, 1.82) is 0 Å². The molecule has 1 atom stereocenters. The molecular formula is C18H22N2O2. The minimum Gasteiger partial charge on any atom is -0.361 e. The Hall–Kier alpha value is -2.10. The lowest BCUT2D eigenvalue weighted by molar-refractivity contribution is -0.132. The van der Waals surface area contributed by atoms with Crippen molar-refractivity contribution < 1.29 is 9.32 Å². The van der Waals surface area contributed by atoms with Crippen molar-refractivity contribution in [3.8, 4) is 0 Å². The summed E-state index contributed by atoms with van der Waals surface area (Å²) in [4.78, 5) is 14.5. The van der Waals surface area contributed by atoms with Crippen LogP contribution in [-0.4, -0.2) is 29.1 Å². The zero-order valence-electron chi connectivity index (χ0n) is 13.2. The Morgan fingerprint density at radius 2 is 2.14 bits per heavy atom. The molecule has 2 heterocycles. The fourth-order valence-corrected chi connectivity index (χ4v) is 3.29. The number of carbonyl (C=O) groups is 1. The molecule has 4 heteroatoms. The van der Waals surface area contributed by atoms with Gasteiger partial charge in [0.05, 0.1) is 12.1 Å². The van der Waals surface area contributed by atoms with E-state index < -0.39 is 0 Å². The van der Waals surface area contributed by atoms with Crippen LogP contribution < -0.4 is 0 Å². The van der Waals surface area contributed by atoms with E-state index in [-0.39, 0.29) is 11.3 Å². The summed E-state index contributed by atoms with van der Waals surface area (Å²) in [5, 5.41) is 3.85. The number of hydrogen-bond donors (Lipinski definition) is 0. The first-order valence-electron chi connectivity index (χ1n) is 7.82. The van der Waals surface area contributed by atoms with Crippen LogP contribution >= 0.6 is 0 Å². The van der Waals surface area contributed by atoms with E-state index in [1.54, 1.807) is 0 Å². The topological polar surface area (TPSA) is 46.3 Å². The van der Waals surface area contributed by atoms with Gasteiger partial charge in [0.2, 0.25) is 5.91 Å². The molecule has 0 spiro atoms. The highest BCUT2D eigenvalue weighted by atomic mass is 16.5. The molecule has 1 aromatic heterocycles. The van der Waals surface area contributed by atoms with Crippen molar-refractivity contribution >= 4 is 5.91 Å². The van der Waals surface area contributed by atoms with Crippen LogP contribution in [0, 0.1) is 6.92 Å². The molecule has 0 saturated carbocycles. The summed E-state index contributed by atoms with van der Waals surface area (Å²) < 4.78 is 5.16. The predicted molar refractivity (Wildman–Crippen MR) is 84.6 cm³/mol. The summed E-state index contributed by atoms with van der Waals surface area (Å²) in [6.07, 6.45) is 2.44. The first kappa shape index (κ1) is 14.8. The SMILES string of the molecule is Cc1cc(CC(=O)N2CCC[C@](C)(c3ccccc3)C2)on1. The van der Waals surface area contributed by atoms with E-state index in [1.165, 1.54) is 5.56 Å². The molecule has 4 nitrogen and oxygen atoms in total. The van der Waals surface area contributed by atoms with Gasteiger partial charge in [-0.25, -0.2) is 0 Å². The Morgan fingerprint density at radius 1 is 1.36 bits per heavy atom. The molecule has 116 valence electrons. The third-order valence-electron chi connectivity index (χ3n) is 4.52. The third kappa shape index (κ3) is 3.06. The molecule has 1 amide bonds. The number of rotatable bonds is 3. The van der Waals surface area contributed by atoms with Crippen LogP contribution in [-0.2, 0) is 16.6 Å². The van der Waals surface area contributed by atoms with Crippen LogP contribution in [0.1, 0.15) is 36.8 Å². The molecule has 1 fully saturated rings. The van der Waals surface area contributed by atoms with E-state index in [1.807, 2.05) is 24.0 Å². The van der Waals surface area contributed by atoms with Gasteiger partial charge in [0.1, 0.15) is 5.76 Å². The molecule has 0 unspecified atom stereocenters. The number of nitrogens with zero attached hydrogens (tertiary/aromatic N) is 2. The monoisotopic (exact) mass is 298 g/mol. The van der Waals surface area contributed by atoms with Gasteiger partial charge in [0, 0.05) is 24.6 Å². The van der Waals surface area contributed by atoms with Crippen LogP contribution in [0.25, 0.3) is 0 Å². The van der Waals surface area contributed by atoms with Crippen LogP contribution in [0.2, 0.25) is 0 Å². The Balaban J connectivity index is 1.71. The highest BCUT2D eigenvalue weighted by Gasteiger charge is 2.34. The van der Waals surface area contributed by atoms with Gasteiger partial charge in [-0.05, 0) is 25.3 Å². The molecule has 0 radical (unpaired) electrons. The summed E-state index contributed by atoms with van der Waals surface area (Å²) >= 11 is 0. The molecule has 0 aliphatic carbocycles. The van der Waals surface area contributed by atoms with Gasteiger partial charge in [-0.3, -0.25) is 4.79 Å². The van der Waals surface area contributed by atoms with Crippen molar-refractivity contribution in [2.75, 3.05) is 13.1 Å². The second-order valence-corrected chi connectivity index (χ2v) is 6.46. The molecular weight excluding hydrogens is 276 g/mol. The number of carbonyl (C=O) groups excluding carboxylic acids is 1. The quantitative estimate of drug-likeness (QED) is 0.874. The van der Waals surface area contributed by atoms with Gasteiger partial charge in [-0.1, -0.05) is 42.4 Å². The fraction of sp³-hybridized carbons (Fsp3) is 0.444. The average molecular weight is 298 g/mol. The van der Waals surface area contributed by atoms with Crippen molar-refractivity contribution in [2.45, 2.75) is 38.5 Å². The van der Waals surface area contributed by atoms with Crippen molar-refractivity contribution in [1.82, 2.24) is 10.1 Å². The molecule has 0 N–H and O–H groups in total. The van der Waals surface area contributed by atoms with Crippen LogP contribution in [0.5, 0.6) is 0 Å². The maximum atomic E-state index is 12.5. The third-order valence-corrected chi connectivity index (χ3v) is 4.52. The Labute approximate surface area is 131 Å². The van der Waals surface area contributed by atoms with E-state index in [4.69, 9.17) is 4.52 Å². The number of benzene rings is 1. The maximum Gasteiger partial charge on any atom is 0.230 e. The Morgan fingerprint density at radius 3 is 2.82 bits per heavy atom. The van der Waals surface area contributed by atoms with Gasteiger partial charge in [0.25, 0.3) is 0 Å². The Bertz CT molecular complexity index is 650. The highest BCUT2D eigenvalue weighted by Crippen LogP contribution is 2.33. The molecule has 22 heavy (non-hydrogen) atoms. The number of hydrogen-bond acceptors (Lipinski definition) is 3. The number of aromatic nitrogens is 1. The lowest BCUT2D eigenvalue weighted by Crippen LogP contribution is -2.47. The fourth-order valence-electron chi connectivity index (χ4n) is 3.29. The molecule has 1 aromatic carbocycles. The maximum absolute atomic E-state index is 12.5. The predicted octanol–water partition coefficient (Wildman–Crippen LogP) is 3.11. The van der Waals surface area contributed by atoms with Gasteiger partial charge in [-0.15, -0.1) is 0 Å². The summed E-state index contributed by atoms with van der Waals surface area (Å²) in [5.41, 5.74) is 2.16. The minimum atomic E-state index is 0.0342. The summed E-state index contributed by atoms with van der Waals surface area (Å²) in [6.45, 7) is 5.71. The molecule has 2 aromatic rings. The first-order chi connectivity index (χ1) is 10.6. The van der Waals surface area contributed by atoms with Crippen molar-refractivity contribution in [3.05, 3.63) is 53.4 Å². The molecule has 3 rings (SSSR count). The molecule has 1 aliphatic heterocycles. The zero-order chi connectivity index (χ0) is 15.6. The number of likely N-dealkylation sites (tertiary alicyclic amines) is 1. The standard InChI is InChI=1S/C18H22N2O2/c1-14-11-16(22-19-14)12-17(21)20-10-6-9-18(2,13-20)15-7-4-3-5-8-15/h3-5,7-8,11H,6,9-10,12-13H2,1-2H3/t18-/m0/s1.